The first-order valence-corrected chi connectivity index (χ1v) is 8.17. The first-order chi connectivity index (χ1) is 13.3. The van der Waals surface area contributed by atoms with Crippen LogP contribution in [0.2, 0.25) is 0 Å². The Bertz CT molecular complexity index is 993. The van der Waals surface area contributed by atoms with Crippen LogP contribution in [0.4, 0.5) is 13.2 Å². The monoisotopic (exact) mass is 392 g/mol. The number of carbonyl (C=O) groups excluding carboxylic acids is 1. The fraction of sp³-hybridized carbons (Fsp3) is 0.158. The highest BCUT2D eigenvalue weighted by Gasteiger charge is 2.30. The van der Waals surface area contributed by atoms with Crippen molar-refractivity contribution in [3.8, 4) is 17.1 Å². The van der Waals surface area contributed by atoms with Crippen LogP contribution in [0.5, 0.6) is 5.75 Å². The molecule has 1 aromatic heterocycles. The van der Waals surface area contributed by atoms with Crippen LogP contribution in [0.15, 0.2) is 70.0 Å². The average molecular weight is 392 g/mol. The number of aromatic nitrogens is 1. The first-order valence-electron chi connectivity index (χ1n) is 8.17. The van der Waals surface area contributed by atoms with E-state index < -0.39 is 18.0 Å². The second-order valence-corrected chi connectivity index (χ2v) is 5.82. The topological polar surface area (TPSA) is 73.5 Å². The highest BCUT2D eigenvalue weighted by Crippen LogP contribution is 2.22. The van der Waals surface area contributed by atoms with Gasteiger partial charge >= 0.3 is 12.1 Å². The summed E-state index contributed by atoms with van der Waals surface area (Å²) in [5.41, 5.74) is 1.28. The smallest absolute Gasteiger partial charge is 0.408 e. The van der Waals surface area contributed by atoms with Gasteiger partial charge in [-0.25, -0.2) is 4.79 Å². The van der Waals surface area contributed by atoms with Crippen molar-refractivity contribution in [3.63, 3.8) is 0 Å². The van der Waals surface area contributed by atoms with Gasteiger partial charge in [0.2, 0.25) is 5.91 Å². The summed E-state index contributed by atoms with van der Waals surface area (Å²) in [5, 5.41) is 2.59. The highest BCUT2D eigenvalue weighted by atomic mass is 19.4. The molecule has 6 nitrogen and oxygen atoms in total. The molecule has 1 amide bonds. The van der Waals surface area contributed by atoms with Crippen molar-refractivity contribution < 1.29 is 27.1 Å². The second kappa shape index (κ2) is 8.03. The van der Waals surface area contributed by atoms with Crippen LogP contribution in [-0.2, 0) is 17.9 Å². The zero-order valence-corrected chi connectivity index (χ0v) is 14.4. The van der Waals surface area contributed by atoms with Crippen LogP contribution in [0.1, 0.15) is 5.56 Å². The van der Waals surface area contributed by atoms with Gasteiger partial charge < -0.3 is 14.5 Å². The molecule has 0 aliphatic carbocycles. The van der Waals surface area contributed by atoms with Crippen molar-refractivity contribution in [2.75, 3.05) is 0 Å². The molecule has 28 heavy (non-hydrogen) atoms. The number of benzene rings is 2. The lowest BCUT2D eigenvalue weighted by Crippen LogP contribution is -2.30. The van der Waals surface area contributed by atoms with Crippen LogP contribution in [-0.4, -0.2) is 16.8 Å². The molecule has 0 spiro atoms. The molecule has 146 valence electrons. The number of amides is 1. The fourth-order valence-electron chi connectivity index (χ4n) is 2.44. The van der Waals surface area contributed by atoms with E-state index >= 15 is 0 Å². The molecular formula is C19H15F3N2O4. The Morgan fingerprint density at radius 2 is 1.75 bits per heavy atom. The van der Waals surface area contributed by atoms with E-state index in [1.165, 1.54) is 18.3 Å². The molecule has 0 aliphatic heterocycles. The van der Waals surface area contributed by atoms with Gasteiger partial charge in [-0.1, -0.05) is 42.5 Å². The van der Waals surface area contributed by atoms with Crippen LogP contribution >= 0.6 is 0 Å². The Hall–Kier alpha value is -3.49. The summed E-state index contributed by atoms with van der Waals surface area (Å²) in [7, 11) is 0. The van der Waals surface area contributed by atoms with Crippen molar-refractivity contribution in [1.82, 2.24) is 9.88 Å². The molecule has 0 unspecified atom stereocenters. The van der Waals surface area contributed by atoms with Gasteiger partial charge in [-0.3, -0.25) is 9.36 Å². The summed E-state index contributed by atoms with van der Waals surface area (Å²) >= 11 is 0. The van der Waals surface area contributed by atoms with E-state index in [4.69, 9.17) is 4.42 Å². The van der Waals surface area contributed by atoms with E-state index in [1.54, 1.807) is 24.3 Å². The second-order valence-electron chi connectivity index (χ2n) is 5.82. The molecule has 1 N–H and O–H groups in total. The van der Waals surface area contributed by atoms with Crippen LogP contribution < -0.4 is 15.8 Å². The highest BCUT2D eigenvalue weighted by molar-refractivity contribution is 5.75. The van der Waals surface area contributed by atoms with Crippen molar-refractivity contribution in [2.45, 2.75) is 19.5 Å². The number of rotatable bonds is 6. The summed E-state index contributed by atoms with van der Waals surface area (Å²) in [4.78, 5) is 23.9. The number of hydrogen-bond acceptors (Lipinski definition) is 4. The van der Waals surface area contributed by atoms with Crippen molar-refractivity contribution in [3.05, 3.63) is 76.9 Å². The summed E-state index contributed by atoms with van der Waals surface area (Å²) in [6.07, 6.45) is -3.31. The summed E-state index contributed by atoms with van der Waals surface area (Å²) in [6, 6.07) is 14.1. The molecule has 0 aliphatic rings. The van der Waals surface area contributed by atoms with Crippen molar-refractivity contribution in [2.24, 2.45) is 0 Å². The normalized spacial score (nSPS) is 11.2. The minimum atomic E-state index is -4.76. The molecule has 0 atom stereocenters. The number of nitrogens with zero attached hydrogens (tertiary/aromatic N) is 1. The minimum absolute atomic E-state index is 0.0866. The Labute approximate surface area is 157 Å². The Morgan fingerprint density at radius 1 is 1.07 bits per heavy atom. The third kappa shape index (κ3) is 5.26. The lowest BCUT2D eigenvalue weighted by Gasteiger charge is -2.09. The molecular weight excluding hydrogens is 377 g/mol. The van der Waals surface area contributed by atoms with E-state index in [0.717, 1.165) is 16.7 Å². The number of oxazole rings is 1. The molecule has 0 radical (unpaired) electrons. The van der Waals surface area contributed by atoms with E-state index in [9.17, 15) is 22.8 Å². The van der Waals surface area contributed by atoms with Crippen molar-refractivity contribution in [1.29, 1.82) is 0 Å². The van der Waals surface area contributed by atoms with E-state index in [0.29, 0.717) is 16.9 Å². The number of nitrogens with one attached hydrogen (secondary N) is 1. The lowest BCUT2D eigenvalue weighted by atomic mass is 10.2. The van der Waals surface area contributed by atoms with Gasteiger partial charge in [0.1, 0.15) is 12.3 Å². The molecule has 3 aromatic rings. The van der Waals surface area contributed by atoms with Crippen LogP contribution in [0.3, 0.4) is 0 Å². The Balaban J connectivity index is 1.56. The van der Waals surface area contributed by atoms with Gasteiger partial charge in [0.15, 0.2) is 5.76 Å². The van der Waals surface area contributed by atoms with Crippen LogP contribution in [0.25, 0.3) is 11.3 Å². The van der Waals surface area contributed by atoms with E-state index in [1.807, 2.05) is 6.07 Å². The SMILES string of the molecule is O=C(Cn1cc(-c2ccccc2)oc1=O)NCc1ccc(OC(F)(F)F)cc1. The molecule has 3 rings (SSSR count). The maximum Gasteiger partial charge on any atom is 0.573 e. The Kier molecular flexibility index (Phi) is 5.53. The van der Waals surface area contributed by atoms with Gasteiger partial charge in [0.05, 0.1) is 6.20 Å². The number of ether oxygens (including phenoxy) is 1. The number of carbonyl (C=O) groups is 1. The largest absolute Gasteiger partial charge is 0.573 e. The molecule has 0 saturated carbocycles. The third-order valence-corrected chi connectivity index (χ3v) is 3.72. The van der Waals surface area contributed by atoms with Gasteiger partial charge in [-0.2, -0.15) is 0 Å². The molecule has 1 heterocycles. The quantitative estimate of drug-likeness (QED) is 0.699. The van der Waals surface area contributed by atoms with Gasteiger partial charge in [-0.05, 0) is 17.7 Å². The summed E-state index contributed by atoms with van der Waals surface area (Å²) in [6.45, 7) is -0.159. The summed E-state index contributed by atoms with van der Waals surface area (Å²) in [5.74, 6) is -1.11. The maximum absolute atomic E-state index is 12.1. The fourth-order valence-corrected chi connectivity index (χ4v) is 2.44. The Morgan fingerprint density at radius 3 is 2.39 bits per heavy atom. The maximum atomic E-state index is 12.1. The number of hydrogen-bond donors (Lipinski definition) is 1. The standard InChI is InChI=1S/C19H15F3N2O4/c20-19(21,22)28-15-8-6-13(7-9-15)10-23-17(25)12-24-11-16(27-18(24)26)14-4-2-1-3-5-14/h1-9,11H,10,12H2,(H,23,25). The number of halogens is 3. The van der Waals surface area contributed by atoms with Crippen LogP contribution in [0, 0.1) is 0 Å². The van der Waals surface area contributed by atoms with Gasteiger partial charge in [0, 0.05) is 12.1 Å². The molecule has 0 bridgehead atoms. The van der Waals surface area contributed by atoms with E-state index in [-0.39, 0.29) is 18.8 Å². The minimum Gasteiger partial charge on any atom is -0.408 e. The number of alkyl halides is 3. The zero-order chi connectivity index (χ0) is 20.1. The van der Waals surface area contributed by atoms with Crippen molar-refractivity contribution >= 4 is 5.91 Å². The first kappa shape index (κ1) is 19.3. The van der Waals surface area contributed by atoms with E-state index in [2.05, 4.69) is 10.1 Å². The average Bonchev–Trinajstić information content (AvgIpc) is 3.01. The molecule has 0 fully saturated rings. The molecule has 9 heteroatoms. The van der Waals surface area contributed by atoms with Gasteiger partial charge in [0.25, 0.3) is 0 Å². The summed E-state index contributed by atoms with van der Waals surface area (Å²) < 4.78 is 46.4. The lowest BCUT2D eigenvalue weighted by molar-refractivity contribution is -0.274. The molecule has 2 aromatic carbocycles. The van der Waals surface area contributed by atoms with Gasteiger partial charge in [-0.15, -0.1) is 13.2 Å². The molecule has 0 saturated heterocycles. The predicted octanol–water partition coefficient (Wildman–Crippen LogP) is 3.32. The predicted molar refractivity (Wildman–Crippen MR) is 93.4 cm³/mol. The third-order valence-electron chi connectivity index (χ3n) is 3.72. The zero-order valence-electron chi connectivity index (χ0n) is 14.4.